The van der Waals surface area contributed by atoms with Crippen LogP contribution in [0.15, 0.2) is 42.5 Å². The van der Waals surface area contributed by atoms with Crippen LogP contribution >= 0.6 is 0 Å². The first-order valence-electron chi connectivity index (χ1n) is 9.43. The minimum atomic E-state index is -0.00664. The van der Waals surface area contributed by atoms with E-state index in [0.29, 0.717) is 0 Å². The average molecular weight is 351 g/mol. The fourth-order valence-electron chi connectivity index (χ4n) is 3.33. The van der Waals surface area contributed by atoms with E-state index >= 15 is 0 Å². The molecule has 4 nitrogen and oxygen atoms in total. The molecule has 0 saturated carbocycles. The summed E-state index contributed by atoms with van der Waals surface area (Å²) >= 11 is 0. The van der Waals surface area contributed by atoms with Crippen LogP contribution in [0, 0.1) is 19.8 Å². The molecule has 3 rings (SSSR count). The number of carbonyl (C=O) groups is 1. The van der Waals surface area contributed by atoms with Gasteiger partial charge in [-0.3, -0.25) is 4.79 Å². The topological polar surface area (TPSA) is 35.6 Å². The molecule has 4 heteroatoms. The summed E-state index contributed by atoms with van der Waals surface area (Å²) in [5, 5.41) is 2.95. The van der Waals surface area contributed by atoms with Crippen molar-refractivity contribution in [3.63, 3.8) is 0 Å². The van der Waals surface area contributed by atoms with E-state index in [0.717, 1.165) is 31.9 Å². The number of anilines is 3. The lowest BCUT2D eigenvalue weighted by Gasteiger charge is -2.38. The lowest BCUT2D eigenvalue weighted by Crippen LogP contribution is -2.46. The van der Waals surface area contributed by atoms with E-state index in [1.54, 1.807) is 0 Å². The Labute approximate surface area is 156 Å². The van der Waals surface area contributed by atoms with Gasteiger partial charge in [0.15, 0.2) is 0 Å². The maximum absolute atomic E-state index is 11.8. The zero-order valence-electron chi connectivity index (χ0n) is 16.2. The Bertz CT molecular complexity index is 759. The summed E-state index contributed by atoms with van der Waals surface area (Å²) in [4.78, 5) is 16.7. The summed E-state index contributed by atoms with van der Waals surface area (Å²) in [6.07, 6.45) is 0. The number of piperazine rings is 1. The highest BCUT2D eigenvalue weighted by atomic mass is 16.1. The van der Waals surface area contributed by atoms with Gasteiger partial charge in [0.05, 0.1) is 0 Å². The number of hydrogen-bond acceptors (Lipinski definition) is 3. The first kappa shape index (κ1) is 18.3. The number of aryl methyl sites for hydroxylation is 1. The normalized spacial score (nSPS) is 14.7. The van der Waals surface area contributed by atoms with Crippen molar-refractivity contribution >= 4 is 23.0 Å². The molecule has 2 aromatic carbocycles. The van der Waals surface area contributed by atoms with Crippen LogP contribution in [0.1, 0.15) is 25.0 Å². The number of hydrogen-bond donors (Lipinski definition) is 1. The number of nitrogens with one attached hydrogen (secondary N) is 1. The van der Waals surface area contributed by atoms with E-state index in [4.69, 9.17) is 0 Å². The maximum Gasteiger partial charge on any atom is 0.226 e. The van der Waals surface area contributed by atoms with Crippen molar-refractivity contribution in [3.8, 4) is 0 Å². The van der Waals surface area contributed by atoms with Gasteiger partial charge >= 0.3 is 0 Å². The van der Waals surface area contributed by atoms with Crippen molar-refractivity contribution in [3.05, 3.63) is 53.6 Å². The molecule has 26 heavy (non-hydrogen) atoms. The van der Waals surface area contributed by atoms with Crippen molar-refractivity contribution in [2.24, 2.45) is 5.92 Å². The van der Waals surface area contributed by atoms with E-state index in [1.807, 2.05) is 26.0 Å². The molecular weight excluding hydrogens is 322 g/mol. The standard InChI is InChI=1S/C22H29N3O/c1-16(2)22(26)23-19-8-10-20(11-9-19)24-12-14-25(15-13-24)21-7-5-6-17(3)18(21)4/h5-11,16H,12-15H2,1-4H3,(H,23,26). The van der Waals surface area contributed by atoms with Crippen molar-refractivity contribution in [1.82, 2.24) is 0 Å². The van der Waals surface area contributed by atoms with Gasteiger partial charge in [0.25, 0.3) is 0 Å². The number of carbonyl (C=O) groups excluding carboxylic acids is 1. The highest BCUT2D eigenvalue weighted by Crippen LogP contribution is 2.26. The van der Waals surface area contributed by atoms with Crippen molar-refractivity contribution in [1.29, 1.82) is 0 Å². The molecule has 1 aliphatic rings. The molecular formula is C22H29N3O. The predicted molar refractivity (Wildman–Crippen MR) is 110 cm³/mol. The Morgan fingerprint density at radius 2 is 1.54 bits per heavy atom. The SMILES string of the molecule is Cc1cccc(N2CCN(c3ccc(NC(=O)C(C)C)cc3)CC2)c1C. The molecule has 0 atom stereocenters. The van der Waals surface area contributed by atoms with E-state index < -0.39 is 0 Å². The molecule has 0 unspecified atom stereocenters. The van der Waals surface area contributed by atoms with Gasteiger partial charge < -0.3 is 15.1 Å². The van der Waals surface area contributed by atoms with Crippen LogP contribution in [0.2, 0.25) is 0 Å². The van der Waals surface area contributed by atoms with Gasteiger partial charge in [-0.25, -0.2) is 0 Å². The third kappa shape index (κ3) is 4.01. The van der Waals surface area contributed by atoms with Crippen molar-refractivity contribution in [2.45, 2.75) is 27.7 Å². The zero-order valence-corrected chi connectivity index (χ0v) is 16.2. The Morgan fingerprint density at radius 3 is 2.15 bits per heavy atom. The highest BCUT2D eigenvalue weighted by molar-refractivity contribution is 5.92. The van der Waals surface area contributed by atoms with Gasteiger partial charge in [0.1, 0.15) is 0 Å². The molecule has 138 valence electrons. The first-order chi connectivity index (χ1) is 12.5. The largest absolute Gasteiger partial charge is 0.368 e. The average Bonchev–Trinajstić information content (AvgIpc) is 2.65. The summed E-state index contributed by atoms with van der Waals surface area (Å²) in [6.45, 7) is 12.2. The lowest BCUT2D eigenvalue weighted by molar-refractivity contribution is -0.118. The van der Waals surface area contributed by atoms with Gasteiger partial charge in [0.2, 0.25) is 5.91 Å². The minimum absolute atomic E-state index is 0.00664. The molecule has 0 aromatic heterocycles. The summed E-state index contributed by atoms with van der Waals surface area (Å²) in [5.41, 5.74) is 6.17. The van der Waals surface area contributed by atoms with Crippen LogP contribution in [0.4, 0.5) is 17.1 Å². The molecule has 2 aromatic rings. The molecule has 1 saturated heterocycles. The lowest BCUT2D eigenvalue weighted by atomic mass is 10.1. The second-order valence-corrected chi connectivity index (χ2v) is 7.38. The Balaban J connectivity index is 1.61. The van der Waals surface area contributed by atoms with Gasteiger partial charge in [-0.15, -0.1) is 0 Å². The van der Waals surface area contributed by atoms with E-state index in [1.165, 1.54) is 22.5 Å². The van der Waals surface area contributed by atoms with Crippen molar-refractivity contribution in [2.75, 3.05) is 41.3 Å². The summed E-state index contributed by atoms with van der Waals surface area (Å²) in [7, 11) is 0. The first-order valence-corrected chi connectivity index (χ1v) is 9.43. The Hall–Kier alpha value is -2.49. The minimum Gasteiger partial charge on any atom is -0.368 e. The number of amides is 1. The van der Waals surface area contributed by atoms with Crippen LogP contribution in [-0.2, 0) is 4.79 Å². The number of rotatable bonds is 4. The van der Waals surface area contributed by atoms with Crippen LogP contribution in [0.25, 0.3) is 0 Å². The summed E-state index contributed by atoms with van der Waals surface area (Å²) in [5.74, 6) is 0.0488. The summed E-state index contributed by atoms with van der Waals surface area (Å²) in [6, 6.07) is 14.7. The van der Waals surface area contributed by atoms with Crippen molar-refractivity contribution < 1.29 is 4.79 Å². The fraction of sp³-hybridized carbons (Fsp3) is 0.409. The van der Waals surface area contributed by atoms with E-state index in [2.05, 4.69) is 59.3 Å². The number of nitrogens with zero attached hydrogens (tertiary/aromatic N) is 2. The molecule has 0 aliphatic carbocycles. The summed E-state index contributed by atoms with van der Waals surface area (Å²) < 4.78 is 0. The molecule has 1 heterocycles. The molecule has 1 amide bonds. The second kappa shape index (κ2) is 7.81. The van der Waals surface area contributed by atoms with Gasteiger partial charge in [0, 0.05) is 49.2 Å². The third-order valence-electron chi connectivity index (χ3n) is 5.22. The predicted octanol–water partition coefficient (Wildman–Crippen LogP) is 4.22. The van der Waals surface area contributed by atoms with Crippen LogP contribution in [0.5, 0.6) is 0 Å². The second-order valence-electron chi connectivity index (χ2n) is 7.38. The zero-order chi connectivity index (χ0) is 18.7. The Morgan fingerprint density at radius 1 is 0.923 bits per heavy atom. The number of benzene rings is 2. The monoisotopic (exact) mass is 351 g/mol. The Kier molecular flexibility index (Phi) is 5.50. The molecule has 0 radical (unpaired) electrons. The molecule has 1 N–H and O–H groups in total. The molecule has 1 fully saturated rings. The smallest absolute Gasteiger partial charge is 0.226 e. The van der Waals surface area contributed by atoms with Gasteiger partial charge in [-0.05, 0) is 55.3 Å². The third-order valence-corrected chi connectivity index (χ3v) is 5.22. The quantitative estimate of drug-likeness (QED) is 0.896. The van der Waals surface area contributed by atoms with E-state index in [9.17, 15) is 4.79 Å². The van der Waals surface area contributed by atoms with Gasteiger partial charge in [-0.1, -0.05) is 26.0 Å². The highest BCUT2D eigenvalue weighted by Gasteiger charge is 2.19. The van der Waals surface area contributed by atoms with Gasteiger partial charge in [-0.2, -0.15) is 0 Å². The maximum atomic E-state index is 11.8. The fourth-order valence-corrected chi connectivity index (χ4v) is 3.33. The molecule has 0 bridgehead atoms. The van der Waals surface area contributed by atoms with Crippen LogP contribution < -0.4 is 15.1 Å². The molecule has 1 aliphatic heterocycles. The van der Waals surface area contributed by atoms with E-state index in [-0.39, 0.29) is 11.8 Å². The van der Waals surface area contributed by atoms with Crippen LogP contribution in [0.3, 0.4) is 0 Å². The molecule has 0 spiro atoms. The van der Waals surface area contributed by atoms with Crippen LogP contribution in [-0.4, -0.2) is 32.1 Å².